The number of hydrogen-bond donors (Lipinski definition) is 0. The normalized spacial score (nSPS) is 10.0. The molecule has 0 saturated heterocycles. The minimum absolute atomic E-state index is 0.754. The average Bonchev–Trinajstić information content (AvgIpc) is 2.24. The van der Waals surface area contributed by atoms with Gasteiger partial charge in [0.05, 0.1) is 0 Å². The van der Waals surface area contributed by atoms with Crippen LogP contribution < -0.4 is 4.74 Å². The molecule has 2 aromatic rings. The second-order valence-corrected chi connectivity index (χ2v) is 3.60. The molecule has 0 unspecified atom stereocenters. The highest BCUT2D eigenvalue weighted by atomic mass is 16.5. The van der Waals surface area contributed by atoms with Crippen LogP contribution in [-0.4, -0.2) is 0 Å². The third-order valence-corrected chi connectivity index (χ3v) is 2.23. The van der Waals surface area contributed by atoms with Gasteiger partial charge in [-0.05, 0) is 31.5 Å². The predicted molar refractivity (Wildman–Crippen MR) is 61.3 cm³/mol. The van der Waals surface area contributed by atoms with Crippen molar-refractivity contribution in [3.63, 3.8) is 0 Å². The second-order valence-electron chi connectivity index (χ2n) is 3.60. The summed E-state index contributed by atoms with van der Waals surface area (Å²) in [6.07, 6.45) is 0. The van der Waals surface area contributed by atoms with E-state index in [9.17, 15) is 0 Å². The minimum Gasteiger partial charge on any atom is -0.456 e. The van der Waals surface area contributed by atoms with Gasteiger partial charge < -0.3 is 4.74 Å². The molecule has 0 atom stereocenters. The zero-order valence-electron chi connectivity index (χ0n) is 8.95. The quantitative estimate of drug-likeness (QED) is 0.709. The van der Waals surface area contributed by atoms with Crippen molar-refractivity contribution >= 4 is 0 Å². The standard InChI is InChI=1S/C14H13O/c1-11-8-9-14(12(2)10-11)15-13-6-4-3-5-7-13/h3-6,8-10H,1-2H3. The Labute approximate surface area is 90.3 Å². The van der Waals surface area contributed by atoms with Crippen LogP contribution in [-0.2, 0) is 0 Å². The summed E-state index contributed by atoms with van der Waals surface area (Å²) in [5.41, 5.74) is 2.39. The maximum absolute atomic E-state index is 5.71. The molecule has 0 bridgehead atoms. The van der Waals surface area contributed by atoms with Gasteiger partial charge in [0, 0.05) is 6.07 Å². The van der Waals surface area contributed by atoms with Crippen LogP contribution in [0.25, 0.3) is 0 Å². The lowest BCUT2D eigenvalue weighted by Crippen LogP contribution is -1.87. The van der Waals surface area contributed by atoms with Crippen LogP contribution in [0.5, 0.6) is 11.5 Å². The Morgan fingerprint density at radius 2 is 1.93 bits per heavy atom. The van der Waals surface area contributed by atoms with Crippen LogP contribution in [0.15, 0.2) is 42.5 Å². The van der Waals surface area contributed by atoms with E-state index in [1.54, 1.807) is 0 Å². The number of rotatable bonds is 2. The number of hydrogen-bond acceptors (Lipinski definition) is 1. The Bertz CT molecular complexity index is 446. The molecule has 1 heteroatoms. The number of para-hydroxylation sites is 1. The van der Waals surface area contributed by atoms with Crippen LogP contribution in [0.1, 0.15) is 11.1 Å². The van der Waals surface area contributed by atoms with Crippen molar-refractivity contribution in [2.24, 2.45) is 0 Å². The third kappa shape index (κ3) is 2.38. The van der Waals surface area contributed by atoms with Crippen LogP contribution in [0.3, 0.4) is 0 Å². The lowest BCUT2D eigenvalue weighted by Gasteiger charge is -2.08. The number of ether oxygens (including phenoxy) is 1. The van der Waals surface area contributed by atoms with Crippen LogP contribution in [0.2, 0.25) is 0 Å². The van der Waals surface area contributed by atoms with E-state index < -0.39 is 0 Å². The lowest BCUT2D eigenvalue weighted by atomic mass is 10.1. The van der Waals surface area contributed by atoms with Crippen LogP contribution in [0.4, 0.5) is 0 Å². The summed E-state index contributed by atoms with van der Waals surface area (Å²) >= 11 is 0. The number of benzene rings is 2. The highest BCUT2D eigenvalue weighted by Crippen LogP contribution is 2.24. The molecule has 2 rings (SSSR count). The van der Waals surface area contributed by atoms with E-state index in [0.717, 1.165) is 17.1 Å². The highest BCUT2D eigenvalue weighted by molar-refractivity contribution is 5.38. The maximum Gasteiger partial charge on any atom is 0.135 e. The molecule has 1 radical (unpaired) electrons. The zero-order valence-corrected chi connectivity index (χ0v) is 8.95. The molecule has 0 heterocycles. The molecule has 0 fully saturated rings. The minimum atomic E-state index is 0.754. The van der Waals surface area contributed by atoms with Crippen molar-refractivity contribution in [1.82, 2.24) is 0 Å². The van der Waals surface area contributed by atoms with E-state index in [-0.39, 0.29) is 0 Å². The third-order valence-electron chi connectivity index (χ3n) is 2.23. The first-order chi connectivity index (χ1) is 7.25. The van der Waals surface area contributed by atoms with Crippen molar-refractivity contribution in [2.75, 3.05) is 0 Å². The van der Waals surface area contributed by atoms with Gasteiger partial charge in [-0.2, -0.15) is 0 Å². The van der Waals surface area contributed by atoms with E-state index >= 15 is 0 Å². The fraction of sp³-hybridized carbons (Fsp3) is 0.143. The molecule has 1 nitrogen and oxygen atoms in total. The summed E-state index contributed by atoms with van der Waals surface area (Å²) in [6, 6.07) is 16.8. The van der Waals surface area contributed by atoms with Crippen molar-refractivity contribution in [1.29, 1.82) is 0 Å². The van der Waals surface area contributed by atoms with Crippen molar-refractivity contribution in [2.45, 2.75) is 13.8 Å². The molecule has 0 aliphatic heterocycles. The van der Waals surface area contributed by atoms with Gasteiger partial charge in [0.1, 0.15) is 11.5 Å². The van der Waals surface area contributed by atoms with Gasteiger partial charge in [-0.15, -0.1) is 0 Å². The molecule has 0 aliphatic rings. The molecule has 0 N–H and O–H groups in total. The van der Waals surface area contributed by atoms with Crippen molar-refractivity contribution in [3.8, 4) is 11.5 Å². The molecule has 0 amide bonds. The van der Waals surface area contributed by atoms with Gasteiger partial charge in [0.15, 0.2) is 0 Å². The maximum atomic E-state index is 5.71. The Morgan fingerprint density at radius 1 is 1.07 bits per heavy atom. The van der Waals surface area contributed by atoms with Gasteiger partial charge >= 0.3 is 0 Å². The first-order valence-electron chi connectivity index (χ1n) is 4.97. The molecule has 0 saturated carbocycles. The van der Waals surface area contributed by atoms with Crippen LogP contribution >= 0.6 is 0 Å². The Kier molecular flexibility index (Phi) is 2.72. The molecule has 0 spiro atoms. The average molecular weight is 197 g/mol. The topological polar surface area (TPSA) is 9.23 Å². The molecule has 0 aromatic heterocycles. The fourth-order valence-electron chi connectivity index (χ4n) is 1.47. The second kappa shape index (κ2) is 4.18. The van der Waals surface area contributed by atoms with E-state index in [1.807, 2.05) is 43.3 Å². The molecule has 0 aliphatic carbocycles. The predicted octanol–water partition coefficient (Wildman–Crippen LogP) is 3.90. The van der Waals surface area contributed by atoms with Gasteiger partial charge in [0.2, 0.25) is 0 Å². The Hall–Kier alpha value is -1.76. The van der Waals surface area contributed by atoms with E-state index in [1.165, 1.54) is 5.56 Å². The lowest BCUT2D eigenvalue weighted by molar-refractivity contribution is 0.478. The summed E-state index contributed by atoms with van der Waals surface area (Å²) in [5, 5.41) is 0. The fourth-order valence-corrected chi connectivity index (χ4v) is 1.47. The smallest absolute Gasteiger partial charge is 0.135 e. The van der Waals surface area contributed by atoms with E-state index in [0.29, 0.717) is 0 Å². The van der Waals surface area contributed by atoms with E-state index in [2.05, 4.69) is 19.1 Å². The van der Waals surface area contributed by atoms with Gasteiger partial charge in [-0.1, -0.05) is 35.9 Å². The zero-order chi connectivity index (χ0) is 10.7. The first kappa shape index (κ1) is 9.78. The van der Waals surface area contributed by atoms with E-state index in [4.69, 9.17) is 4.74 Å². The summed E-state index contributed by atoms with van der Waals surface area (Å²) in [5.74, 6) is 1.65. The summed E-state index contributed by atoms with van der Waals surface area (Å²) in [7, 11) is 0. The summed E-state index contributed by atoms with van der Waals surface area (Å²) in [6.45, 7) is 4.12. The van der Waals surface area contributed by atoms with Crippen molar-refractivity contribution in [3.05, 3.63) is 59.7 Å². The largest absolute Gasteiger partial charge is 0.456 e. The molecular formula is C14H13O. The van der Waals surface area contributed by atoms with Crippen molar-refractivity contribution < 1.29 is 4.74 Å². The molecule has 75 valence electrons. The number of aryl methyl sites for hydroxylation is 2. The first-order valence-corrected chi connectivity index (χ1v) is 4.97. The highest BCUT2D eigenvalue weighted by Gasteiger charge is 2.00. The Balaban J connectivity index is 2.25. The monoisotopic (exact) mass is 197 g/mol. The SMILES string of the molecule is Cc1ccc(Oc2[c]cccc2)c(C)c1. The van der Waals surface area contributed by atoms with Crippen LogP contribution in [0, 0.1) is 19.9 Å². The molecule has 15 heavy (non-hydrogen) atoms. The molecule has 2 aromatic carbocycles. The van der Waals surface area contributed by atoms with Gasteiger partial charge in [-0.25, -0.2) is 0 Å². The van der Waals surface area contributed by atoms with Gasteiger partial charge in [0.25, 0.3) is 0 Å². The van der Waals surface area contributed by atoms with Gasteiger partial charge in [-0.3, -0.25) is 0 Å². The summed E-state index contributed by atoms with van der Waals surface area (Å²) in [4.78, 5) is 0. The Morgan fingerprint density at radius 3 is 2.60 bits per heavy atom. The molecular weight excluding hydrogens is 184 g/mol. The summed E-state index contributed by atoms with van der Waals surface area (Å²) < 4.78 is 5.71.